The molecule has 4 rings (SSSR count). The number of amides is 1. The highest BCUT2D eigenvalue weighted by molar-refractivity contribution is 5.79. The molecule has 3 aromatic rings. The Labute approximate surface area is 190 Å². The Kier molecular flexibility index (Phi) is 6.70. The molecule has 1 aromatic heterocycles. The van der Waals surface area contributed by atoms with Gasteiger partial charge in [-0.3, -0.25) is 9.69 Å². The van der Waals surface area contributed by atoms with Gasteiger partial charge in [0.1, 0.15) is 0 Å². The first-order valence-corrected chi connectivity index (χ1v) is 11.4. The second-order valence-corrected chi connectivity index (χ2v) is 8.99. The fourth-order valence-corrected chi connectivity index (χ4v) is 4.49. The summed E-state index contributed by atoms with van der Waals surface area (Å²) in [5.74, 6) is 1.30. The molecule has 168 valence electrons. The highest BCUT2D eigenvalue weighted by atomic mass is 16.5. The van der Waals surface area contributed by atoms with Crippen molar-refractivity contribution < 1.29 is 9.32 Å². The molecule has 1 saturated heterocycles. The zero-order valence-corrected chi connectivity index (χ0v) is 19.4. The van der Waals surface area contributed by atoms with E-state index in [9.17, 15) is 4.79 Å². The Morgan fingerprint density at radius 3 is 2.81 bits per heavy atom. The van der Waals surface area contributed by atoms with Gasteiger partial charge in [0, 0.05) is 12.1 Å². The summed E-state index contributed by atoms with van der Waals surface area (Å²) in [6.45, 7) is 10.5. The third-order valence-corrected chi connectivity index (χ3v) is 6.35. The van der Waals surface area contributed by atoms with Crippen LogP contribution in [0, 0.1) is 26.7 Å². The predicted octanol–water partition coefficient (Wildman–Crippen LogP) is 4.75. The summed E-state index contributed by atoms with van der Waals surface area (Å²) >= 11 is 0. The summed E-state index contributed by atoms with van der Waals surface area (Å²) in [6.07, 6.45) is 1.88. The largest absolute Gasteiger partial charge is 0.349 e. The average Bonchev–Trinajstić information content (AvgIpc) is 3.24. The Morgan fingerprint density at radius 2 is 2.00 bits per heavy atom. The van der Waals surface area contributed by atoms with Crippen LogP contribution in [0.5, 0.6) is 0 Å². The number of aryl methyl sites for hydroxylation is 3. The molecular weight excluding hydrogens is 400 g/mol. The molecule has 1 aliphatic rings. The molecule has 0 aliphatic carbocycles. The maximum Gasteiger partial charge on any atom is 0.241 e. The first-order valence-electron chi connectivity index (χ1n) is 11.4. The van der Waals surface area contributed by atoms with E-state index in [1.54, 1.807) is 0 Å². The topological polar surface area (TPSA) is 71.3 Å². The third kappa shape index (κ3) is 5.07. The monoisotopic (exact) mass is 432 g/mol. The maximum absolute atomic E-state index is 13.0. The molecule has 6 heteroatoms. The minimum atomic E-state index is -0.0323. The van der Waals surface area contributed by atoms with Gasteiger partial charge in [-0.2, -0.15) is 4.98 Å². The number of nitrogens with zero attached hydrogens (tertiary/aromatic N) is 3. The van der Waals surface area contributed by atoms with E-state index in [1.165, 1.54) is 16.7 Å². The van der Waals surface area contributed by atoms with Gasteiger partial charge in [0.25, 0.3) is 0 Å². The normalized spacial score (nSPS) is 17.8. The summed E-state index contributed by atoms with van der Waals surface area (Å²) in [6, 6.07) is 14.4. The number of rotatable bonds is 6. The van der Waals surface area contributed by atoms with Crippen LogP contribution in [0.2, 0.25) is 0 Å². The molecule has 6 nitrogen and oxygen atoms in total. The molecule has 1 aliphatic heterocycles. The fraction of sp³-hybridized carbons (Fsp3) is 0.423. The minimum Gasteiger partial charge on any atom is -0.349 e. The van der Waals surface area contributed by atoms with E-state index in [0.717, 1.165) is 30.5 Å². The summed E-state index contributed by atoms with van der Waals surface area (Å²) in [4.78, 5) is 19.8. The van der Waals surface area contributed by atoms with Gasteiger partial charge < -0.3 is 9.84 Å². The highest BCUT2D eigenvalue weighted by Gasteiger charge is 2.28. The van der Waals surface area contributed by atoms with Crippen molar-refractivity contribution >= 4 is 5.91 Å². The van der Waals surface area contributed by atoms with Gasteiger partial charge in [0.2, 0.25) is 17.6 Å². The molecule has 1 N–H and O–H groups in total. The van der Waals surface area contributed by atoms with Crippen LogP contribution in [0.1, 0.15) is 54.0 Å². The van der Waals surface area contributed by atoms with E-state index in [4.69, 9.17) is 4.52 Å². The summed E-state index contributed by atoms with van der Waals surface area (Å²) < 4.78 is 5.52. The second kappa shape index (κ2) is 9.65. The molecule has 32 heavy (non-hydrogen) atoms. The van der Waals surface area contributed by atoms with Gasteiger partial charge in [-0.25, -0.2) is 0 Å². The van der Waals surface area contributed by atoms with Gasteiger partial charge in [0.05, 0.1) is 18.5 Å². The lowest BCUT2D eigenvalue weighted by Gasteiger charge is -2.31. The molecule has 0 bridgehead atoms. The number of aromatic nitrogens is 2. The quantitative estimate of drug-likeness (QED) is 0.609. The average molecular weight is 433 g/mol. The van der Waals surface area contributed by atoms with Gasteiger partial charge >= 0.3 is 0 Å². The van der Waals surface area contributed by atoms with E-state index >= 15 is 0 Å². The van der Waals surface area contributed by atoms with Crippen molar-refractivity contribution in [3.05, 3.63) is 70.6 Å². The number of likely N-dealkylation sites (tertiary alicyclic amines) is 1. The van der Waals surface area contributed by atoms with Crippen LogP contribution in [0.25, 0.3) is 11.4 Å². The minimum absolute atomic E-state index is 0.00890. The molecule has 0 radical (unpaired) electrons. The number of carbonyl (C=O) groups is 1. The number of piperidine rings is 1. The van der Waals surface area contributed by atoms with Crippen LogP contribution in [0.3, 0.4) is 0 Å². The highest BCUT2D eigenvalue weighted by Crippen LogP contribution is 2.24. The van der Waals surface area contributed by atoms with Crippen LogP contribution < -0.4 is 5.32 Å². The molecule has 0 saturated carbocycles. The zero-order valence-electron chi connectivity index (χ0n) is 19.4. The Morgan fingerprint density at radius 1 is 1.19 bits per heavy atom. The van der Waals surface area contributed by atoms with Crippen molar-refractivity contribution in [3.8, 4) is 11.4 Å². The maximum atomic E-state index is 13.0. The molecular formula is C26H32N4O2. The number of benzene rings is 2. The van der Waals surface area contributed by atoms with E-state index in [0.29, 0.717) is 24.8 Å². The standard InChI is InChI=1S/C26H32N4O2/c1-17-11-12-19(3)23(14-17)20(4)27-26(31)21-9-7-13-30(15-21)16-24-28-25(29-32-24)22-10-6-5-8-18(22)2/h5-6,8,10-12,14,20-21H,7,9,13,15-16H2,1-4H3,(H,27,31). The number of carbonyl (C=O) groups excluding carboxylic acids is 1. The van der Waals surface area contributed by atoms with Crippen LogP contribution >= 0.6 is 0 Å². The van der Waals surface area contributed by atoms with Crippen molar-refractivity contribution in [1.82, 2.24) is 20.4 Å². The van der Waals surface area contributed by atoms with Crippen molar-refractivity contribution in [2.24, 2.45) is 5.92 Å². The molecule has 2 aromatic carbocycles. The smallest absolute Gasteiger partial charge is 0.241 e. The van der Waals surface area contributed by atoms with Gasteiger partial charge in [0.15, 0.2) is 0 Å². The predicted molar refractivity (Wildman–Crippen MR) is 125 cm³/mol. The van der Waals surface area contributed by atoms with Crippen LogP contribution in [0.4, 0.5) is 0 Å². The van der Waals surface area contributed by atoms with Crippen molar-refractivity contribution in [2.75, 3.05) is 13.1 Å². The van der Waals surface area contributed by atoms with Crippen molar-refractivity contribution in [3.63, 3.8) is 0 Å². The second-order valence-electron chi connectivity index (χ2n) is 8.99. The number of hydrogen-bond donors (Lipinski definition) is 1. The van der Waals surface area contributed by atoms with Gasteiger partial charge in [-0.1, -0.05) is 53.2 Å². The number of nitrogens with one attached hydrogen (secondary N) is 1. The molecule has 1 amide bonds. The first-order chi connectivity index (χ1) is 15.4. The van der Waals surface area contributed by atoms with Gasteiger partial charge in [-0.15, -0.1) is 0 Å². The van der Waals surface area contributed by atoms with Crippen LogP contribution in [-0.4, -0.2) is 34.0 Å². The lowest BCUT2D eigenvalue weighted by atomic mass is 9.95. The van der Waals surface area contributed by atoms with Crippen molar-refractivity contribution in [2.45, 2.75) is 53.1 Å². The summed E-state index contributed by atoms with van der Waals surface area (Å²) in [7, 11) is 0. The van der Waals surface area contributed by atoms with Gasteiger partial charge in [-0.05, 0) is 63.8 Å². The fourth-order valence-electron chi connectivity index (χ4n) is 4.49. The van der Waals surface area contributed by atoms with Crippen molar-refractivity contribution in [1.29, 1.82) is 0 Å². The number of hydrogen-bond acceptors (Lipinski definition) is 5. The van der Waals surface area contributed by atoms with E-state index in [2.05, 4.69) is 59.3 Å². The van der Waals surface area contributed by atoms with Crippen LogP contribution in [0.15, 0.2) is 47.0 Å². The SMILES string of the molecule is Cc1ccc(C)c(C(C)NC(=O)C2CCCN(Cc3nc(-c4ccccc4C)no3)C2)c1. The summed E-state index contributed by atoms with van der Waals surface area (Å²) in [5.41, 5.74) is 5.70. The third-order valence-electron chi connectivity index (χ3n) is 6.35. The molecule has 2 atom stereocenters. The Hall–Kier alpha value is -2.99. The van der Waals surface area contributed by atoms with E-state index in [-0.39, 0.29) is 17.9 Å². The lowest BCUT2D eigenvalue weighted by Crippen LogP contribution is -2.43. The molecule has 2 heterocycles. The molecule has 1 fully saturated rings. The Balaban J connectivity index is 1.37. The lowest BCUT2D eigenvalue weighted by molar-refractivity contribution is -0.127. The molecule has 2 unspecified atom stereocenters. The molecule has 0 spiro atoms. The van der Waals surface area contributed by atoms with Crippen LogP contribution in [-0.2, 0) is 11.3 Å². The zero-order chi connectivity index (χ0) is 22.7. The first kappa shape index (κ1) is 22.2. The Bertz CT molecular complexity index is 1090. The van der Waals surface area contributed by atoms with E-state index in [1.807, 2.05) is 31.2 Å². The summed E-state index contributed by atoms with van der Waals surface area (Å²) in [5, 5.41) is 7.40. The van der Waals surface area contributed by atoms with E-state index < -0.39 is 0 Å².